The second-order valence-electron chi connectivity index (χ2n) is 5.54. The number of benzene rings is 3. The Labute approximate surface area is 139 Å². The predicted molar refractivity (Wildman–Crippen MR) is 91.2 cm³/mol. The lowest BCUT2D eigenvalue weighted by atomic mass is 9.98. The van der Waals surface area contributed by atoms with Gasteiger partial charge >= 0.3 is 0 Å². The molecule has 3 aromatic carbocycles. The highest BCUT2D eigenvalue weighted by atomic mass is 31.0. The minimum absolute atomic E-state index is 0.0219. The van der Waals surface area contributed by atoms with E-state index in [2.05, 4.69) is 9.24 Å². The highest BCUT2D eigenvalue weighted by Gasteiger charge is 2.17. The van der Waals surface area contributed by atoms with Gasteiger partial charge in [-0.25, -0.2) is 17.6 Å². The van der Waals surface area contributed by atoms with Crippen LogP contribution >= 0.6 is 9.24 Å². The molecule has 0 fully saturated rings. The Morgan fingerprint density at radius 3 is 1.75 bits per heavy atom. The van der Waals surface area contributed by atoms with Crippen LogP contribution in [0.5, 0.6) is 0 Å². The van der Waals surface area contributed by atoms with E-state index in [1.807, 2.05) is 31.2 Å². The lowest BCUT2D eigenvalue weighted by molar-refractivity contribution is 0.447. The minimum atomic E-state index is -1.57. The van der Waals surface area contributed by atoms with Crippen molar-refractivity contribution in [2.45, 2.75) is 6.92 Å². The van der Waals surface area contributed by atoms with E-state index in [0.29, 0.717) is 10.9 Å². The van der Waals surface area contributed by atoms with Crippen molar-refractivity contribution in [3.8, 4) is 22.3 Å². The van der Waals surface area contributed by atoms with E-state index >= 15 is 0 Å². The van der Waals surface area contributed by atoms with Crippen LogP contribution in [0.1, 0.15) is 5.56 Å². The molecule has 0 amide bonds. The van der Waals surface area contributed by atoms with Crippen molar-refractivity contribution in [3.63, 3.8) is 0 Å². The molecule has 5 heteroatoms. The van der Waals surface area contributed by atoms with Crippen LogP contribution in [0.2, 0.25) is 0 Å². The second-order valence-corrected chi connectivity index (χ2v) is 6.16. The Morgan fingerprint density at radius 2 is 1.21 bits per heavy atom. The molecule has 0 aliphatic heterocycles. The summed E-state index contributed by atoms with van der Waals surface area (Å²) in [5.41, 5.74) is 2.52. The van der Waals surface area contributed by atoms with E-state index in [-0.39, 0.29) is 11.1 Å². The summed E-state index contributed by atoms with van der Waals surface area (Å²) < 4.78 is 54.5. The van der Waals surface area contributed by atoms with Gasteiger partial charge in [-0.1, -0.05) is 29.8 Å². The van der Waals surface area contributed by atoms with Crippen LogP contribution in [0.25, 0.3) is 22.3 Å². The number of hydrogen-bond donors (Lipinski definition) is 0. The van der Waals surface area contributed by atoms with Gasteiger partial charge in [-0.2, -0.15) is 0 Å². The molecule has 0 radical (unpaired) electrons. The molecular weight excluding hydrogens is 335 g/mol. The van der Waals surface area contributed by atoms with Crippen LogP contribution in [0, 0.1) is 30.2 Å². The van der Waals surface area contributed by atoms with Gasteiger partial charge in [0.1, 0.15) is 5.82 Å². The molecule has 0 heterocycles. The first-order valence-electron chi connectivity index (χ1n) is 7.18. The summed E-state index contributed by atoms with van der Waals surface area (Å²) in [6, 6.07) is 12.1. The molecule has 1 atom stereocenters. The van der Waals surface area contributed by atoms with E-state index in [9.17, 15) is 17.6 Å². The fourth-order valence-electron chi connectivity index (χ4n) is 2.55. The first-order valence-corrected chi connectivity index (χ1v) is 7.75. The monoisotopic (exact) mass is 348 g/mol. The van der Waals surface area contributed by atoms with E-state index < -0.39 is 23.3 Å². The van der Waals surface area contributed by atoms with Crippen molar-refractivity contribution in [1.29, 1.82) is 0 Å². The Bertz CT molecular complexity index is 871. The Hall–Kier alpha value is -2.19. The molecule has 3 aromatic rings. The number of halogens is 4. The minimum Gasteiger partial charge on any atom is -0.206 e. The van der Waals surface area contributed by atoms with Gasteiger partial charge < -0.3 is 0 Å². The first kappa shape index (κ1) is 16.7. The molecule has 3 rings (SSSR count). The molecule has 122 valence electrons. The summed E-state index contributed by atoms with van der Waals surface area (Å²) in [5.74, 6) is -4.91. The third-order valence-electron chi connectivity index (χ3n) is 3.78. The molecule has 1 unspecified atom stereocenters. The van der Waals surface area contributed by atoms with E-state index in [4.69, 9.17) is 0 Å². The zero-order valence-electron chi connectivity index (χ0n) is 12.7. The highest BCUT2D eigenvalue weighted by molar-refractivity contribution is 7.28. The maximum atomic E-state index is 14.6. The topological polar surface area (TPSA) is 0 Å². The van der Waals surface area contributed by atoms with Crippen LogP contribution in [0.4, 0.5) is 17.6 Å². The van der Waals surface area contributed by atoms with Crippen LogP contribution in [-0.4, -0.2) is 0 Å². The van der Waals surface area contributed by atoms with Gasteiger partial charge in [0, 0.05) is 5.56 Å². The summed E-state index contributed by atoms with van der Waals surface area (Å²) in [7, 11) is 2.35. The van der Waals surface area contributed by atoms with Gasteiger partial charge in [-0.3, -0.25) is 0 Å². The SMILES string of the molecule is Cc1ccc(-c2cc(F)c(-c3cc(F)c(F)c(F)c3)c(P)c2)cc1. The molecular formula is C19H13F4P. The summed E-state index contributed by atoms with van der Waals surface area (Å²) in [6.45, 7) is 1.95. The lowest BCUT2D eigenvalue weighted by Gasteiger charge is -2.12. The van der Waals surface area contributed by atoms with Crippen molar-refractivity contribution < 1.29 is 17.6 Å². The molecule has 0 aliphatic carbocycles. The third-order valence-corrected chi connectivity index (χ3v) is 4.23. The van der Waals surface area contributed by atoms with Gasteiger partial charge in [0.2, 0.25) is 0 Å². The lowest BCUT2D eigenvalue weighted by Crippen LogP contribution is -2.04. The van der Waals surface area contributed by atoms with Crippen LogP contribution < -0.4 is 5.30 Å². The standard InChI is InChI=1S/C19H13F4P/c1-10-2-4-11(5-3-10)12-6-14(20)18(17(24)9-12)13-7-15(21)19(23)16(22)8-13/h2-9H,24H2,1H3. The van der Waals surface area contributed by atoms with Crippen LogP contribution in [0.3, 0.4) is 0 Å². The van der Waals surface area contributed by atoms with Gasteiger partial charge in [0.15, 0.2) is 17.5 Å². The largest absolute Gasteiger partial charge is 0.206 e. The molecule has 0 spiro atoms. The quantitative estimate of drug-likeness (QED) is 0.331. The molecule has 24 heavy (non-hydrogen) atoms. The van der Waals surface area contributed by atoms with Crippen LogP contribution in [0.15, 0.2) is 48.5 Å². The second kappa shape index (κ2) is 6.37. The first-order chi connectivity index (χ1) is 11.4. The van der Waals surface area contributed by atoms with Crippen LogP contribution in [-0.2, 0) is 0 Å². The number of rotatable bonds is 2. The van der Waals surface area contributed by atoms with Gasteiger partial charge in [0.05, 0.1) is 0 Å². The van der Waals surface area contributed by atoms with Gasteiger partial charge in [0.25, 0.3) is 0 Å². The smallest absolute Gasteiger partial charge is 0.194 e. The summed E-state index contributed by atoms with van der Waals surface area (Å²) >= 11 is 0. The Morgan fingerprint density at radius 1 is 0.667 bits per heavy atom. The van der Waals surface area contributed by atoms with E-state index in [1.165, 1.54) is 6.07 Å². The fraction of sp³-hybridized carbons (Fsp3) is 0.0526. The predicted octanol–water partition coefficient (Wildman–Crippen LogP) is 5.39. The van der Waals surface area contributed by atoms with Gasteiger partial charge in [-0.15, -0.1) is 9.24 Å². The maximum Gasteiger partial charge on any atom is 0.194 e. The molecule has 0 nitrogen and oxygen atoms in total. The zero-order chi connectivity index (χ0) is 17.4. The molecule has 0 aliphatic rings. The molecule has 0 saturated carbocycles. The molecule has 0 bridgehead atoms. The van der Waals surface area contributed by atoms with Crippen molar-refractivity contribution in [2.24, 2.45) is 0 Å². The zero-order valence-corrected chi connectivity index (χ0v) is 13.9. The number of hydrogen-bond acceptors (Lipinski definition) is 0. The molecule has 0 N–H and O–H groups in total. The highest BCUT2D eigenvalue weighted by Crippen LogP contribution is 2.30. The summed E-state index contributed by atoms with van der Waals surface area (Å²) in [4.78, 5) is 0. The average Bonchev–Trinajstić information content (AvgIpc) is 2.52. The van der Waals surface area contributed by atoms with E-state index in [1.54, 1.807) is 6.07 Å². The van der Waals surface area contributed by atoms with Gasteiger partial charge in [-0.05, 0) is 53.2 Å². The Kier molecular flexibility index (Phi) is 4.42. The summed E-state index contributed by atoms with van der Waals surface area (Å²) in [5, 5.41) is 0.427. The molecule has 0 aromatic heterocycles. The maximum absolute atomic E-state index is 14.6. The van der Waals surface area contributed by atoms with Crippen molar-refractivity contribution in [2.75, 3.05) is 0 Å². The third kappa shape index (κ3) is 3.07. The van der Waals surface area contributed by atoms with Crippen molar-refractivity contribution >= 4 is 14.5 Å². The average molecular weight is 348 g/mol. The fourth-order valence-corrected chi connectivity index (χ4v) is 3.03. The van der Waals surface area contributed by atoms with Crippen molar-refractivity contribution in [3.05, 3.63) is 77.4 Å². The van der Waals surface area contributed by atoms with E-state index in [0.717, 1.165) is 23.3 Å². The normalized spacial score (nSPS) is 10.9. The summed E-state index contributed by atoms with van der Waals surface area (Å²) in [6.07, 6.45) is 0. The Balaban J connectivity index is 2.13. The number of aryl methyl sites for hydroxylation is 1. The van der Waals surface area contributed by atoms with Crippen molar-refractivity contribution in [1.82, 2.24) is 0 Å². The molecule has 0 saturated heterocycles.